The van der Waals surface area contributed by atoms with Gasteiger partial charge in [0, 0.05) is 5.56 Å². The number of furan rings is 1. The summed E-state index contributed by atoms with van der Waals surface area (Å²) in [5.41, 5.74) is 4.60. The Hall–Kier alpha value is -2.06. The number of fused-ring (bicyclic) bond motifs is 1. The van der Waals surface area contributed by atoms with Gasteiger partial charge in [-0.2, -0.15) is 0 Å². The lowest BCUT2D eigenvalue weighted by Gasteiger charge is -2.06. The normalized spacial score (nSPS) is 13.4. The van der Waals surface area contributed by atoms with Crippen molar-refractivity contribution in [3.8, 4) is 0 Å². The lowest BCUT2D eigenvalue weighted by Crippen LogP contribution is -2.06. The zero-order valence-electron chi connectivity index (χ0n) is 8.45. The highest BCUT2D eigenvalue weighted by atomic mass is 16.3. The van der Waals surface area contributed by atoms with Crippen molar-refractivity contribution < 1.29 is 4.42 Å². The molecule has 1 aliphatic heterocycles. The Kier molecular flexibility index (Phi) is 2.52. The zero-order chi connectivity index (χ0) is 10.7. The summed E-state index contributed by atoms with van der Waals surface area (Å²) < 4.78 is 5.55. The Morgan fingerprint density at radius 1 is 1.73 bits per heavy atom. The molecule has 0 saturated carbocycles. The van der Waals surface area contributed by atoms with Gasteiger partial charge in [-0.1, -0.05) is 6.58 Å². The molecule has 0 saturated heterocycles. The van der Waals surface area contributed by atoms with E-state index in [1.165, 1.54) is 6.20 Å². The molecule has 1 aromatic heterocycles. The first-order valence-electron chi connectivity index (χ1n) is 4.57. The maximum Gasteiger partial charge on any atom is 0.168 e. The van der Waals surface area contributed by atoms with Crippen molar-refractivity contribution in [3.63, 3.8) is 0 Å². The molecule has 4 heteroatoms. The maximum atomic E-state index is 5.55. The van der Waals surface area contributed by atoms with Crippen molar-refractivity contribution in [3.05, 3.63) is 35.6 Å². The molecule has 0 unspecified atom stereocenters. The van der Waals surface area contributed by atoms with Gasteiger partial charge in [0.1, 0.15) is 6.67 Å². The van der Waals surface area contributed by atoms with Crippen molar-refractivity contribution in [1.82, 2.24) is 0 Å². The molecule has 0 bridgehead atoms. The Balaban J connectivity index is 2.38. The van der Waals surface area contributed by atoms with Crippen LogP contribution in [0.4, 0.5) is 5.69 Å². The van der Waals surface area contributed by atoms with Crippen LogP contribution in [-0.4, -0.2) is 19.1 Å². The van der Waals surface area contributed by atoms with Crippen molar-refractivity contribution in [2.45, 2.75) is 6.92 Å². The Labute approximate surface area is 87.7 Å². The molecule has 1 aliphatic rings. The topological polar surface area (TPSA) is 49.9 Å². The summed E-state index contributed by atoms with van der Waals surface area (Å²) in [6.45, 7) is 5.99. The van der Waals surface area contributed by atoms with Crippen LogP contribution < -0.4 is 5.32 Å². The standard InChI is InChI=1S/C11H11N3O/c1-3-4-12-5-9-8(2)11-10(15-9)6-13-7-14-11/h4-6,14H,1,7H2,2H3/b12-5-. The number of hydrogen-bond donors (Lipinski definition) is 1. The van der Waals surface area contributed by atoms with Crippen LogP contribution >= 0.6 is 0 Å². The maximum absolute atomic E-state index is 5.55. The minimum Gasteiger partial charge on any atom is -0.452 e. The van der Waals surface area contributed by atoms with Crippen molar-refractivity contribution in [2.75, 3.05) is 12.0 Å². The third kappa shape index (κ3) is 1.75. The molecule has 2 rings (SSSR count). The lowest BCUT2D eigenvalue weighted by atomic mass is 10.2. The summed E-state index contributed by atoms with van der Waals surface area (Å²) in [6.07, 6.45) is 4.85. The van der Waals surface area contributed by atoms with Gasteiger partial charge >= 0.3 is 0 Å². The fraction of sp³-hybridized carbons (Fsp3) is 0.182. The number of hydrogen-bond acceptors (Lipinski definition) is 4. The minimum absolute atomic E-state index is 0.594. The van der Waals surface area contributed by atoms with Gasteiger partial charge in [0.05, 0.1) is 24.3 Å². The monoisotopic (exact) mass is 201 g/mol. The van der Waals surface area contributed by atoms with Gasteiger partial charge in [0.2, 0.25) is 0 Å². The largest absolute Gasteiger partial charge is 0.452 e. The van der Waals surface area contributed by atoms with E-state index in [2.05, 4.69) is 27.6 Å². The summed E-state index contributed by atoms with van der Waals surface area (Å²) in [4.78, 5) is 8.04. The summed E-state index contributed by atoms with van der Waals surface area (Å²) in [7, 11) is 0. The number of aliphatic imine (C=N–C) groups is 2. The highest BCUT2D eigenvalue weighted by molar-refractivity contribution is 5.92. The van der Waals surface area contributed by atoms with Crippen molar-refractivity contribution in [1.29, 1.82) is 0 Å². The second-order valence-electron chi connectivity index (χ2n) is 3.09. The van der Waals surface area contributed by atoms with E-state index in [4.69, 9.17) is 4.42 Å². The highest BCUT2D eigenvalue weighted by Crippen LogP contribution is 2.26. The van der Waals surface area contributed by atoms with Gasteiger partial charge in [0.15, 0.2) is 11.5 Å². The Morgan fingerprint density at radius 3 is 3.33 bits per heavy atom. The van der Waals surface area contributed by atoms with Gasteiger partial charge in [-0.15, -0.1) is 5.73 Å². The van der Waals surface area contributed by atoms with E-state index in [0.29, 0.717) is 6.67 Å². The van der Waals surface area contributed by atoms with Crippen LogP contribution in [0, 0.1) is 6.92 Å². The average molecular weight is 201 g/mol. The molecule has 0 spiro atoms. The van der Waals surface area contributed by atoms with E-state index in [1.807, 2.05) is 6.92 Å². The van der Waals surface area contributed by atoms with E-state index in [0.717, 1.165) is 22.8 Å². The van der Waals surface area contributed by atoms with Gasteiger partial charge in [-0.25, -0.2) is 0 Å². The van der Waals surface area contributed by atoms with Crippen LogP contribution in [0.2, 0.25) is 0 Å². The van der Waals surface area contributed by atoms with Crippen LogP contribution in [0.5, 0.6) is 0 Å². The summed E-state index contributed by atoms with van der Waals surface area (Å²) in [5.74, 6) is 1.48. The van der Waals surface area contributed by atoms with Crippen LogP contribution in [0.3, 0.4) is 0 Å². The summed E-state index contributed by atoms with van der Waals surface area (Å²) in [6, 6.07) is 0. The molecule has 0 aromatic carbocycles. The zero-order valence-corrected chi connectivity index (χ0v) is 8.45. The fourth-order valence-corrected chi connectivity index (χ4v) is 1.40. The quantitative estimate of drug-likeness (QED) is 0.588. The molecule has 0 fully saturated rings. The second kappa shape index (κ2) is 3.98. The molecule has 0 radical (unpaired) electrons. The molecule has 0 aliphatic carbocycles. The van der Waals surface area contributed by atoms with E-state index < -0.39 is 0 Å². The van der Waals surface area contributed by atoms with Gasteiger partial charge < -0.3 is 9.73 Å². The smallest absolute Gasteiger partial charge is 0.168 e. The first kappa shape index (κ1) is 9.49. The average Bonchev–Trinajstić information content (AvgIpc) is 2.57. The lowest BCUT2D eigenvalue weighted by molar-refractivity contribution is 0.551. The number of nitrogens with one attached hydrogen (secondary N) is 1. The third-order valence-electron chi connectivity index (χ3n) is 2.12. The van der Waals surface area contributed by atoms with Crippen LogP contribution in [0.25, 0.3) is 0 Å². The number of rotatable bonds is 2. The first-order chi connectivity index (χ1) is 7.33. The molecule has 2 heterocycles. The van der Waals surface area contributed by atoms with Crippen LogP contribution in [0.15, 0.2) is 32.9 Å². The second-order valence-corrected chi connectivity index (χ2v) is 3.09. The van der Waals surface area contributed by atoms with Crippen molar-refractivity contribution in [2.24, 2.45) is 9.98 Å². The van der Waals surface area contributed by atoms with E-state index in [-0.39, 0.29) is 0 Å². The van der Waals surface area contributed by atoms with Crippen LogP contribution in [0.1, 0.15) is 17.1 Å². The predicted molar refractivity (Wildman–Crippen MR) is 60.8 cm³/mol. The molecule has 0 atom stereocenters. The van der Waals surface area contributed by atoms with E-state index >= 15 is 0 Å². The van der Waals surface area contributed by atoms with E-state index in [9.17, 15) is 0 Å². The SMILES string of the molecule is C=C=C/N=C\c1oc2c(c1C)NCN=C2. The molecule has 15 heavy (non-hydrogen) atoms. The number of anilines is 1. The van der Waals surface area contributed by atoms with Gasteiger partial charge in [-0.3, -0.25) is 9.98 Å². The van der Waals surface area contributed by atoms with Gasteiger partial charge in [-0.05, 0) is 6.92 Å². The Bertz CT molecular complexity index is 476. The molecule has 1 N–H and O–H groups in total. The summed E-state index contributed by atoms with van der Waals surface area (Å²) in [5, 5.41) is 3.15. The molecule has 1 aromatic rings. The first-order valence-corrected chi connectivity index (χ1v) is 4.57. The Morgan fingerprint density at radius 2 is 2.60 bits per heavy atom. The van der Waals surface area contributed by atoms with Crippen LogP contribution in [-0.2, 0) is 0 Å². The number of nitrogens with zero attached hydrogens (tertiary/aromatic N) is 2. The molecule has 76 valence electrons. The molecular weight excluding hydrogens is 190 g/mol. The minimum atomic E-state index is 0.594. The molecule has 4 nitrogen and oxygen atoms in total. The van der Waals surface area contributed by atoms with E-state index in [1.54, 1.807) is 12.4 Å². The van der Waals surface area contributed by atoms with Crippen molar-refractivity contribution >= 4 is 18.1 Å². The molecular formula is C11H11N3O. The summed E-state index contributed by atoms with van der Waals surface area (Å²) >= 11 is 0. The fourth-order valence-electron chi connectivity index (χ4n) is 1.40. The predicted octanol–water partition coefficient (Wildman–Crippen LogP) is 2.11. The highest BCUT2D eigenvalue weighted by Gasteiger charge is 2.15. The third-order valence-corrected chi connectivity index (χ3v) is 2.12. The van der Waals surface area contributed by atoms with Gasteiger partial charge in [0.25, 0.3) is 0 Å². The molecule has 0 amide bonds.